The van der Waals surface area contributed by atoms with Crippen molar-refractivity contribution in [1.82, 2.24) is 9.80 Å². The smallest absolute Gasteiger partial charge is 0.312 e. The van der Waals surface area contributed by atoms with Crippen LogP contribution in [0.3, 0.4) is 0 Å². The highest BCUT2D eigenvalue weighted by Crippen LogP contribution is 2.64. The lowest BCUT2D eigenvalue weighted by molar-refractivity contribution is -0.162. The summed E-state index contributed by atoms with van der Waals surface area (Å²) in [5.74, 6) is -2.59. The van der Waals surface area contributed by atoms with Crippen molar-refractivity contribution < 1.29 is 29.0 Å². The van der Waals surface area contributed by atoms with Gasteiger partial charge in [-0.05, 0) is 44.9 Å². The van der Waals surface area contributed by atoms with Gasteiger partial charge in [-0.1, -0.05) is 45.8 Å². The fourth-order valence-corrected chi connectivity index (χ4v) is 6.63. The van der Waals surface area contributed by atoms with Crippen LogP contribution in [0.15, 0.2) is 25.3 Å². The zero-order valence-corrected chi connectivity index (χ0v) is 23.1. The molecule has 0 aromatic heterocycles. The van der Waals surface area contributed by atoms with Crippen LogP contribution in [-0.2, 0) is 23.9 Å². The standard InChI is InChI=1S/C29H46N2O6/c1-7-11-13-18-36-27(35)23-22-25(33)31(21(19-32)20(5)10-4)24(29(22)15-14-28(23,6)37-29)26(34)30(16-9-3)17-12-8-2/h7,9,20-24,32H,1,3,8,10-19H2,2,4-6H3/t20-,21-,22-,23-,24?,28+,29?/m0/s1. The summed E-state index contributed by atoms with van der Waals surface area (Å²) < 4.78 is 12.3. The summed E-state index contributed by atoms with van der Waals surface area (Å²) in [7, 11) is 0. The normalized spacial score (nSPS) is 31.6. The topological polar surface area (TPSA) is 96.4 Å². The minimum atomic E-state index is -1.12. The van der Waals surface area contributed by atoms with Crippen LogP contribution in [0.25, 0.3) is 0 Å². The highest BCUT2D eigenvalue weighted by Gasteiger charge is 2.79. The molecule has 8 nitrogen and oxygen atoms in total. The number of amides is 2. The summed E-state index contributed by atoms with van der Waals surface area (Å²) in [5, 5.41) is 10.4. The van der Waals surface area contributed by atoms with E-state index in [4.69, 9.17) is 9.47 Å². The largest absolute Gasteiger partial charge is 0.465 e. The van der Waals surface area contributed by atoms with Gasteiger partial charge in [0, 0.05) is 13.1 Å². The van der Waals surface area contributed by atoms with E-state index in [1.54, 1.807) is 22.0 Å². The van der Waals surface area contributed by atoms with E-state index in [1.165, 1.54) is 0 Å². The molecule has 0 radical (unpaired) electrons. The number of ether oxygens (including phenoxy) is 2. The van der Waals surface area contributed by atoms with Gasteiger partial charge in [0.25, 0.3) is 0 Å². The molecule has 2 bridgehead atoms. The van der Waals surface area contributed by atoms with E-state index in [2.05, 4.69) is 20.1 Å². The Balaban J connectivity index is 2.06. The Morgan fingerprint density at radius 1 is 1.27 bits per heavy atom. The third-order valence-corrected chi connectivity index (χ3v) is 8.79. The van der Waals surface area contributed by atoms with E-state index >= 15 is 0 Å². The van der Waals surface area contributed by atoms with Crippen LogP contribution in [0.1, 0.15) is 72.6 Å². The summed E-state index contributed by atoms with van der Waals surface area (Å²) >= 11 is 0. The molecular weight excluding hydrogens is 472 g/mol. The number of carbonyl (C=O) groups excluding carboxylic acids is 3. The average molecular weight is 519 g/mol. The minimum absolute atomic E-state index is 0.0416. The molecule has 0 aromatic carbocycles. The molecule has 0 aliphatic carbocycles. The van der Waals surface area contributed by atoms with Gasteiger partial charge < -0.3 is 24.4 Å². The van der Waals surface area contributed by atoms with Crippen LogP contribution in [-0.4, -0.2) is 82.3 Å². The molecule has 3 fully saturated rings. The number of fused-ring (bicyclic) bond motifs is 1. The molecule has 1 N–H and O–H groups in total. The van der Waals surface area contributed by atoms with Gasteiger partial charge in [0.2, 0.25) is 11.8 Å². The zero-order chi connectivity index (χ0) is 27.4. The fourth-order valence-electron chi connectivity index (χ4n) is 6.63. The van der Waals surface area contributed by atoms with Crippen LogP contribution in [0.4, 0.5) is 0 Å². The first-order valence-electron chi connectivity index (χ1n) is 14.0. The van der Waals surface area contributed by atoms with Gasteiger partial charge in [-0.3, -0.25) is 14.4 Å². The summed E-state index contributed by atoms with van der Waals surface area (Å²) in [6.45, 7) is 16.3. The van der Waals surface area contributed by atoms with E-state index in [9.17, 15) is 19.5 Å². The number of hydrogen-bond acceptors (Lipinski definition) is 6. The number of esters is 1. The molecule has 0 saturated carbocycles. The summed E-state index contributed by atoms with van der Waals surface area (Å²) in [6.07, 6.45) is 8.39. The van der Waals surface area contributed by atoms with Gasteiger partial charge in [0.1, 0.15) is 17.6 Å². The molecule has 3 heterocycles. The highest BCUT2D eigenvalue weighted by molar-refractivity contribution is 5.98. The van der Waals surface area contributed by atoms with Gasteiger partial charge in [0.15, 0.2) is 0 Å². The number of rotatable bonds is 15. The highest BCUT2D eigenvalue weighted by atomic mass is 16.6. The van der Waals surface area contributed by atoms with Crippen molar-refractivity contribution in [1.29, 1.82) is 0 Å². The lowest BCUT2D eigenvalue weighted by Gasteiger charge is -2.41. The molecule has 3 rings (SSSR count). The van der Waals surface area contributed by atoms with Gasteiger partial charge in [-0.15, -0.1) is 13.2 Å². The van der Waals surface area contributed by atoms with Crippen molar-refractivity contribution in [3.8, 4) is 0 Å². The molecule has 1 spiro atoms. The molecule has 0 aromatic rings. The first kappa shape index (κ1) is 29.4. The SMILES string of the molecule is C=CCCCOC(=O)[C@@H]1[C@H]2C(=O)N([C@@H](CO)[C@@H](C)CC)C(C(=O)N(CC=C)CCCC)C23CC[C@@]1(C)O3. The summed E-state index contributed by atoms with van der Waals surface area (Å²) in [6, 6.07) is -1.46. The number of aliphatic hydroxyl groups is 1. The van der Waals surface area contributed by atoms with E-state index in [1.807, 2.05) is 20.8 Å². The molecule has 3 saturated heterocycles. The van der Waals surface area contributed by atoms with E-state index in [0.29, 0.717) is 32.4 Å². The zero-order valence-electron chi connectivity index (χ0n) is 23.1. The third kappa shape index (κ3) is 5.11. The second kappa shape index (κ2) is 12.1. The maximum absolute atomic E-state index is 14.3. The Labute approximate surface area is 222 Å². The molecule has 3 aliphatic heterocycles. The average Bonchev–Trinajstić information content (AvgIpc) is 3.45. The third-order valence-electron chi connectivity index (χ3n) is 8.79. The van der Waals surface area contributed by atoms with Gasteiger partial charge in [0.05, 0.1) is 30.8 Å². The number of carbonyl (C=O) groups is 3. The Bertz CT molecular complexity index is 876. The number of nitrogens with zero attached hydrogens (tertiary/aromatic N) is 2. The van der Waals surface area contributed by atoms with E-state index < -0.39 is 41.1 Å². The molecular formula is C29H46N2O6. The van der Waals surface area contributed by atoms with Gasteiger partial charge >= 0.3 is 5.97 Å². The predicted octanol–water partition coefficient (Wildman–Crippen LogP) is 3.48. The van der Waals surface area contributed by atoms with Crippen LogP contribution >= 0.6 is 0 Å². The number of unbranched alkanes of at least 4 members (excludes halogenated alkanes) is 2. The Morgan fingerprint density at radius 3 is 2.59 bits per heavy atom. The first-order valence-corrected chi connectivity index (χ1v) is 14.0. The van der Waals surface area contributed by atoms with Crippen molar-refractivity contribution in [3.63, 3.8) is 0 Å². The van der Waals surface area contributed by atoms with E-state index in [0.717, 1.165) is 25.7 Å². The Morgan fingerprint density at radius 2 is 2.00 bits per heavy atom. The van der Waals surface area contributed by atoms with Crippen molar-refractivity contribution in [3.05, 3.63) is 25.3 Å². The second-order valence-electron chi connectivity index (χ2n) is 11.1. The fraction of sp³-hybridized carbons (Fsp3) is 0.759. The maximum atomic E-state index is 14.3. The van der Waals surface area contributed by atoms with Crippen molar-refractivity contribution in [2.24, 2.45) is 17.8 Å². The minimum Gasteiger partial charge on any atom is -0.465 e. The summed E-state index contributed by atoms with van der Waals surface area (Å²) in [4.78, 5) is 45.3. The first-order chi connectivity index (χ1) is 17.7. The molecule has 2 unspecified atom stereocenters. The predicted molar refractivity (Wildman–Crippen MR) is 141 cm³/mol. The Hall–Kier alpha value is -2.19. The lowest BCUT2D eigenvalue weighted by atomic mass is 9.66. The second-order valence-corrected chi connectivity index (χ2v) is 11.1. The maximum Gasteiger partial charge on any atom is 0.312 e. The van der Waals surface area contributed by atoms with E-state index in [-0.39, 0.29) is 30.9 Å². The molecule has 8 heteroatoms. The summed E-state index contributed by atoms with van der Waals surface area (Å²) in [5.41, 5.74) is -2.00. The Kier molecular flexibility index (Phi) is 9.62. The quantitative estimate of drug-likeness (QED) is 0.203. The number of aliphatic hydroxyl groups excluding tert-OH is 1. The molecule has 208 valence electrons. The number of likely N-dealkylation sites (tertiary alicyclic amines) is 1. The van der Waals surface area contributed by atoms with Crippen LogP contribution in [0.2, 0.25) is 0 Å². The molecule has 7 atom stereocenters. The van der Waals surface area contributed by atoms with Crippen LogP contribution < -0.4 is 0 Å². The molecule has 37 heavy (non-hydrogen) atoms. The monoisotopic (exact) mass is 518 g/mol. The van der Waals surface area contributed by atoms with Crippen molar-refractivity contribution in [2.75, 3.05) is 26.3 Å². The van der Waals surface area contributed by atoms with Crippen molar-refractivity contribution >= 4 is 17.8 Å². The lowest BCUT2D eigenvalue weighted by Crippen LogP contribution is -2.60. The number of allylic oxidation sites excluding steroid dienone is 1. The van der Waals surface area contributed by atoms with Crippen LogP contribution in [0.5, 0.6) is 0 Å². The van der Waals surface area contributed by atoms with Crippen LogP contribution in [0, 0.1) is 17.8 Å². The van der Waals surface area contributed by atoms with Gasteiger partial charge in [-0.25, -0.2) is 0 Å². The number of hydrogen-bond donors (Lipinski definition) is 1. The van der Waals surface area contributed by atoms with Gasteiger partial charge in [-0.2, -0.15) is 0 Å². The molecule has 3 aliphatic rings. The van der Waals surface area contributed by atoms with Crippen molar-refractivity contribution in [2.45, 2.75) is 95.9 Å². The molecule has 2 amide bonds.